The lowest BCUT2D eigenvalue weighted by Gasteiger charge is -2.02. The molecule has 1 aliphatic heterocycles. The predicted molar refractivity (Wildman–Crippen MR) is 36.3 cm³/mol. The molecule has 1 unspecified atom stereocenters. The van der Waals surface area contributed by atoms with Crippen LogP contribution in [-0.4, -0.2) is 18.5 Å². The first-order valence-corrected chi connectivity index (χ1v) is 3.34. The van der Waals surface area contributed by atoms with Crippen molar-refractivity contribution < 1.29 is 9.18 Å². The van der Waals surface area contributed by atoms with E-state index in [-0.39, 0.29) is 5.78 Å². The third kappa shape index (κ3) is 1.03. The molecule has 10 heavy (non-hydrogen) atoms. The van der Waals surface area contributed by atoms with Crippen LogP contribution in [0.2, 0.25) is 0 Å². The van der Waals surface area contributed by atoms with Crippen molar-refractivity contribution in [2.45, 2.75) is 19.4 Å². The SMILES string of the molecule is CCC1=CNC(CF)C1=O. The number of hydrogen-bond acceptors (Lipinski definition) is 2. The lowest BCUT2D eigenvalue weighted by atomic mass is 10.1. The second kappa shape index (κ2) is 2.82. The fourth-order valence-corrected chi connectivity index (χ4v) is 0.963. The van der Waals surface area contributed by atoms with Gasteiger partial charge in [-0.05, 0) is 6.42 Å². The summed E-state index contributed by atoms with van der Waals surface area (Å²) < 4.78 is 11.9. The Morgan fingerprint density at radius 1 is 1.80 bits per heavy atom. The van der Waals surface area contributed by atoms with E-state index in [0.29, 0.717) is 12.0 Å². The molecule has 0 spiro atoms. The van der Waals surface area contributed by atoms with E-state index in [1.54, 1.807) is 6.20 Å². The van der Waals surface area contributed by atoms with Crippen molar-refractivity contribution in [3.8, 4) is 0 Å². The predicted octanol–water partition coefficient (Wildman–Crippen LogP) is 0.791. The number of Topliss-reactive ketones (excluding diaryl/α,β-unsaturated/α-hetero) is 1. The molecule has 0 aromatic heterocycles. The Morgan fingerprint density at radius 3 is 2.80 bits per heavy atom. The van der Waals surface area contributed by atoms with Crippen LogP contribution in [0.3, 0.4) is 0 Å². The summed E-state index contributed by atoms with van der Waals surface area (Å²) in [6, 6.07) is -0.602. The van der Waals surface area contributed by atoms with E-state index in [2.05, 4.69) is 5.32 Å². The molecule has 1 rings (SSSR count). The number of carbonyl (C=O) groups excluding carboxylic acids is 1. The van der Waals surface area contributed by atoms with Crippen LogP contribution < -0.4 is 5.32 Å². The van der Waals surface area contributed by atoms with Crippen LogP contribution in [0.25, 0.3) is 0 Å². The van der Waals surface area contributed by atoms with E-state index in [1.165, 1.54) is 0 Å². The smallest absolute Gasteiger partial charge is 0.185 e. The zero-order chi connectivity index (χ0) is 7.56. The molecular weight excluding hydrogens is 133 g/mol. The van der Waals surface area contributed by atoms with Gasteiger partial charge in [-0.3, -0.25) is 4.79 Å². The number of alkyl halides is 1. The van der Waals surface area contributed by atoms with Gasteiger partial charge >= 0.3 is 0 Å². The van der Waals surface area contributed by atoms with Crippen LogP contribution >= 0.6 is 0 Å². The molecule has 0 aromatic carbocycles. The quantitative estimate of drug-likeness (QED) is 0.619. The van der Waals surface area contributed by atoms with Crippen molar-refractivity contribution in [3.05, 3.63) is 11.8 Å². The molecule has 0 aromatic rings. The number of carbonyl (C=O) groups is 1. The zero-order valence-corrected chi connectivity index (χ0v) is 5.86. The Bertz CT molecular complexity index is 176. The summed E-state index contributed by atoms with van der Waals surface area (Å²) in [6.45, 7) is 1.27. The van der Waals surface area contributed by atoms with Gasteiger partial charge in [0.15, 0.2) is 5.78 Å². The number of nitrogens with one attached hydrogen (secondary N) is 1. The molecule has 0 radical (unpaired) electrons. The molecule has 2 nitrogen and oxygen atoms in total. The van der Waals surface area contributed by atoms with Crippen molar-refractivity contribution in [3.63, 3.8) is 0 Å². The maximum atomic E-state index is 11.9. The molecule has 0 fully saturated rings. The fourth-order valence-electron chi connectivity index (χ4n) is 0.963. The molecule has 0 bridgehead atoms. The van der Waals surface area contributed by atoms with Gasteiger partial charge in [0.1, 0.15) is 12.7 Å². The van der Waals surface area contributed by atoms with Crippen LogP contribution in [0, 0.1) is 0 Å². The van der Waals surface area contributed by atoms with E-state index in [0.717, 1.165) is 0 Å². The first-order valence-electron chi connectivity index (χ1n) is 3.34. The molecule has 56 valence electrons. The molecular formula is C7H10FNO. The second-order valence-corrected chi connectivity index (χ2v) is 2.26. The van der Waals surface area contributed by atoms with Gasteiger partial charge in [-0.25, -0.2) is 4.39 Å². The lowest BCUT2D eigenvalue weighted by Crippen LogP contribution is -2.29. The summed E-state index contributed by atoms with van der Waals surface area (Å²) in [5.74, 6) is -0.0926. The normalized spacial score (nSPS) is 24.4. The van der Waals surface area contributed by atoms with Crippen LogP contribution in [0.4, 0.5) is 4.39 Å². The first kappa shape index (κ1) is 7.25. The molecule has 0 saturated carbocycles. The van der Waals surface area contributed by atoms with E-state index in [4.69, 9.17) is 0 Å². The minimum absolute atomic E-state index is 0.0926. The summed E-state index contributed by atoms with van der Waals surface area (Å²) in [6.07, 6.45) is 2.29. The maximum absolute atomic E-state index is 11.9. The molecule has 3 heteroatoms. The minimum Gasteiger partial charge on any atom is -0.379 e. The van der Waals surface area contributed by atoms with Gasteiger partial charge in [0, 0.05) is 11.8 Å². The summed E-state index contributed by atoms with van der Waals surface area (Å²) in [4.78, 5) is 11.0. The Kier molecular flexibility index (Phi) is 2.04. The standard InChI is InChI=1S/C7H10FNO/c1-2-5-4-9-6(3-8)7(5)10/h4,6,9H,2-3H2,1H3. The van der Waals surface area contributed by atoms with E-state index >= 15 is 0 Å². The lowest BCUT2D eigenvalue weighted by molar-refractivity contribution is -0.116. The summed E-state index contributed by atoms with van der Waals surface area (Å²) in [5.41, 5.74) is 0.697. The fraction of sp³-hybridized carbons (Fsp3) is 0.571. The summed E-state index contributed by atoms with van der Waals surface area (Å²) in [5, 5.41) is 2.67. The molecule has 0 saturated heterocycles. The monoisotopic (exact) mass is 143 g/mol. The van der Waals surface area contributed by atoms with Gasteiger partial charge in [-0.1, -0.05) is 6.92 Å². The molecule has 0 aliphatic carbocycles. The van der Waals surface area contributed by atoms with E-state index in [9.17, 15) is 9.18 Å². The molecule has 1 aliphatic rings. The van der Waals surface area contributed by atoms with Gasteiger partial charge in [-0.15, -0.1) is 0 Å². The van der Waals surface area contributed by atoms with Gasteiger partial charge in [0.2, 0.25) is 0 Å². The summed E-state index contributed by atoms with van der Waals surface area (Å²) in [7, 11) is 0. The Morgan fingerprint density at radius 2 is 2.50 bits per heavy atom. The second-order valence-electron chi connectivity index (χ2n) is 2.26. The van der Waals surface area contributed by atoms with Crippen LogP contribution in [0.1, 0.15) is 13.3 Å². The highest BCUT2D eigenvalue weighted by molar-refractivity contribution is 6.01. The van der Waals surface area contributed by atoms with E-state index in [1.807, 2.05) is 6.92 Å². The van der Waals surface area contributed by atoms with Crippen molar-refractivity contribution in [2.24, 2.45) is 0 Å². The van der Waals surface area contributed by atoms with E-state index < -0.39 is 12.7 Å². The van der Waals surface area contributed by atoms with Gasteiger partial charge in [-0.2, -0.15) is 0 Å². The molecule has 1 N–H and O–H groups in total. The van der Waals surface area contributed by atoms with Crippen molar-refractivity contribution >= 4 is 5.78 Å². The number of rotatable bonds is 2. The zero-order valence-electron chi connectivity index (χ0n) is 5.86. The van der Waals surface area contributed by atoms with Crippen molar-refractivity contribution in [2.75, 3.05) is 6.67 Å². The topological polar surface area (TPSA) is 29.1 Å². The largest absolute Gasteiger partial charge is 0.379 e. The molecule has 0 amide bonds. The molecule has 1 heterocycles. The average molecular weight is 143 g/mol. The third-order valence-corrected chi connectivity index (χ3v) is 1.63. The van der Waals surface area contributed by atoms with Gasteiger partial charge < -0.3 is 5.32 Å². The summed E-state index contributed by atoms with van der Waals surface area (Å²) >= 11 is 0. The molecule has 1 atom stereocenters. The third-order valence-electron chi connectivity index (χ3n) is 1.63. The highest BCUT2D eigenvalue weighted by Crippen LogP contribution is 2.10. The number of hydrogen-bond donors (Lipinski definition) is 1. The van der Waals surface area contributed by atoms with Gasteiger partial charge in [0.25, 0.3) is 0 Å². The first-order chi connectivity index (χ1) is 4.79. The Balaban J connectivity index is 2.60. The maximum Gasteiger partial charge on any atom is 0.185 e. The highest BCUT2D eigenvalue weighted by Gasteiger charge is 2.24. The van der Waals surface area contributed by atoms with Crippen molar-refractivity contribution in [1.82, 2.24) is 5.32 Å². The number of halogens is 1. The average Bonchev–Trinajstić information content (AvgIpc) is 2.30. The van der Waals surface area contributed by atoms with Crippen molar-refractivity contribution in [1.29, 1.82) is 0 Å². The highest BCUT2D eigenvalue weighted by atomic mass is 19.1. The minimum atomic E-state index is -0.612. The number of ketones is 1. The van der Waals surface area contributed by atoms with Crippen LogP contribution in [-0.2, 0) is 4.79 Å². The van der Waals surface area contributed by atoms with Crippen LogP contribution in [0.5, 0.6) is 0 Å². The Labute approximate surface area is 59.1 Å². The Hall–Kier alpha value is -0.860. The van der Waals surface area contributed by atoms with Gasteiger partial charge in [0.05, 0.1) is 0 Å². The van der Waals surface area contributed by atoms with Crippen LogP contribution in [0.15, 0.2) is 11.8 Å².